The molecular weight excluding hydrogens is 218 g/mol. The van der Waals surface area contributed by atoms with E-state index in [1.165, 1.54) is 25.7 Å². The summed E-state index contributed by atoms with van der Waals surface area (Å²) >= 11 is 5.35. The first-order valence-electron chi connectivity index (χ1n) is 6.28. The molecule has 1 aliphatic carbocycles. The Hall–Kier alpha value is -0.640. The summed E-state index contributed by atoms with van der Waals surface area (Å²) in [4.78, 5) is 0. The number of aromatic amines is 1. The number of nitrogens with zero attached hydrogens (tertiary/aromatic N) is 2. The maximum atomic E-state index is 5.35. The maximum Gasteiger partial charge on any atom is 0.195 e. The Balaban J connectivity index is 2.30. The third-order valence-electron chi connectivity index (χ3n) is 3.74. The maximum absolute atomic E-state index is 5.35. The minimum absolute atomic E-state index is 0.428. The molecule has 1 aromatic heterocycles. The van der Waals surface area contributed by atoms with Crippen LogP contribution in [0.1, 0.15) is 64.2 Å². The molecule has 0 spiro atoms. The van der Waals surface area contributed by atoms with E-state index in [9.17, 15) is 0 Å². The molecular formula is C12H21N3S. The van der Waals surface area contributed by atoms with Crippen LogP contribution < -0.4 is 0 Å². The topological polar surface area (TPSA) is 33.6 Å². The number of aromatic nitrogens is 3. The third-order valence-corrected chi connectivity index (χ3v) is 4.03. The second-order valence-corrected chi connectivity index (χ2v) is 5.58. The molecule has 0 saturated heterocycles. The van der Waals surface area contributed by atoms with Crippen LogP contribution in [0.4, 0.5) is 0 Å². The average Bonchev–Trinajstić information content (AvgIpc) is 2.84. The van der Waals surface area contributed by atoms with Crippen LogP contribution >= 0.6 is 12.2 Å². The lowest BCUT2D eigenvalue weighted by atomic mass is 9.99. The van der Waals surface area contributed by atoms with E-state index in [1.54, 1.807) is 0 Å². The van der Waals surface area contributed by atoms with Crippen molar-refractivity contribution in [1.29, 1.82) is 0 Å². The highest BCUT2D eigenvalue weighted by Crippen LogP contribution is 2.35. The molecule has 0 amide bonds. The lowest BCUT2D eigenvalue weighted by molar-refractivity contribution is 0.346. The minimum atomic E-state index is 0.428. The third kappa shape index (κ3) is 2.08. The quantitative estimate of drug-likeness (QED) is 0.814. The van der Waals surface area contributed by atoms with Gasteiger partial charge >= 0.3 is 0 Å². The Morgan fingerprint density at radius 2 is 1.94 bits per heavy atom. The van der Waals surface area contributed by atoms with E-state index >= 15 is 0 Å². The van der Waals surface area contributed by atoms with Crippen LogP contribution in [0.3, 0.4) is 0 Å². The molecule has 3 nitrogen and oxygen atoms in total. The first-order chi connectivity index (χ1) is 7.61. The van der Waals surface area contributed by atoms with Crippen LogP contribution in [0.25, 0.3) is 0 Å². The van der Waals surface area contributed by atoms with Gasteiger partial charge in [-0.1, -0.05) is 26.7 Å². The molecule has 1 aromatic rings. The largest absolute Gasteiger partial charge is 0.301 e. The van der Waals surface area contributed by atoms with Gasteiger partial charge in [-0.05, 0) is 37.9 Å². The van der Waals surface area contributed by atoms with Crippen molar-refractivity contribution in [3.8, 4) is 0 Å². The second kappa shape index (κ2) is 4.70. The van der Waals surface area contributed by atoms with Gasteiger partial charge in [-0.3, -0.25) is 5.10 Å². The summed E-state index contributed by atoms with van der Waals surface area (Å²) in [5, 5.41) is 7.29. The van der Waals surface area contributed by atoms with E-state index in [4.69, 9.17) is 12.2 Å². The molecule has 1 atom stereocenters. The molecule has 4 heteroatoms. The highest BCUT2D eigenvalue weighted by atomic mass is 32.1. The fraction of sp³-hybridized carbons (Fsp3) is 0.833. The molecule has 1 unspecified atom stereocenters. The number of nitrogens with one attached hydrogen (secondary N) is 1. The number of H-pyrrole nitrogens is 1. The smallest absolute Gasteiger partial charge is 0.195 e. The van der Waals surface area contributed by atoms with Gasteiger partial charge in [-0.25, -0.2) is 0 Å². The van der Waals surface area contributed by atoms with Crippen molar-refractivity contribution < 1.29 is 0 Å². The molecule has 0 radical (unpaired) electrons. The molecule has 1 N–H and O–H groups in total. The van der Waals surface area contributed by atoms with Crippen LogP contribution in [0.15, 0.2) is 0 Å². The summed E-state index contributed by atoms with van der Waals surface area (Å²) in [5.41, 5.74) is 0. The first kappa shape index (κ1) is 11.8. The fourth-order valence-corrected chi connectivity index (χ4v) is 3.07. The van der Waals surface area contributed by atoms with Gasteiger partial charge in [0, 0.05) is 12.0 Å². The molecule has 1 aliphatic rings. The van der Waals surface area contributed by atoms with Gasteiger partial charge in [0.15, 0.2) is 4.77 Å². The van der Waals surface area contributed by atoms with Crippen LogP contribution in [0.5, 0.6) is 0 Å². The Bertz CT molecular complexity index is 399. The lowest BCUT2D eigenvalue weighted by Gasteiger charge is -2.22. The van der Waals surface area contributed by atoms with E-state index in [0.717, 1.165) is 16.5 Å². The van der Waals surface area contributed by atoms with E-state index < -0.39 is 0 Å². The van der Waals surface area contributed by atoms with Gasteiger partial charge in [0.2, 0.25) is 0 Å². The van der Waals surface area contributed by atoms with Gasteiger partial charge in [0.1, 0.15) is 5.82 Å². The summed E-state index contributed by atoms with van der Waals surface area (Å²) in [6, 6.07) is 0.492. The van der Waals surface area contributed by atoms with Crippen molar-refractivity contribution in [2.24, 2.45) is 5.92 Å². The normalized spacial score (nSPS) is 19.5. The van der Waals surface area contributed by atoms with Crippen molar-refractivity contribution >= 4 is 12.2 Å². The standard InChI is InChI=1S/C12H21N3S/c1-8(2)11-13-14-12(16)15(11)9(3)10-6-4-5-7-10/h8-10H,4-7H2,1-3H3,(H,14,16). The van der Waals surface area contributed by atoms with Crippen molar-refractivity contribution in [3.05, 3.63) is 10.6 Å². The van der Waals surface area contributed by atoms with Gasteiger partial charge < -0.3 is 4.57 Å². The number of hydrogen-bond acceptors (Lipinski definition) is 2. The predicted molar refractivity (Wildman–Crippen MR) is 68.2 cm³/mol. The van der Waals surface area contributed by atoms with Crippen LogP contribution in [0, 0.1) is 10.7 Å². The van der Waals surface area contributed by atoms with E-state index in [-0.39, 0.29) is 0 Å². The van der Waals surface area contributed by atoms with E-state index in [0.29, 0.717) is 12.0 Å². The van der Waals surface area contributed by atoms with Crippen LogP contribution in [0.2, 0.25) is 0 Å². The molecule has 1 heterocycles. The molecule has 16 heavy (non-hydrogen) atoms. The van der Waals surface area contributed by atoms with Crippen molar-refractivity contribution in [3.63, 3.8) is 0 Å². The van der Waals surface area contributed by atoms with Crippen molar-refractivity contribution in [1.82, 2.24) is 14.8 Å². The molecule has 0 aromatic carbocycles. The monoisotopic (exact) mass is 239 g/mol. The van der Waals surface area contributed by atoms with Crippen molar-refractivity contribution in [2.45, 2.75) is 58.4 Å². The van der Waals surface area contributed by atoms with Gasteiger partial charge in [-0.15, -0.1) is 0 Å². The first-order valence-corrected chi connectivity index (χ1v) is 6.69. The number of hydrogen-bond donors (Lipinski definition) is 1. The highest BCUT2D eigenvalue weighted by Gasteiger charge is 2.25. The van der Waals surface area contributed by atoms with E-state index in [2.05, 4.69) is 35.5 Å². The summed E-state index contributed by atoms with van der Waals surface area (Å²) in [6.45, 7) is 6.62. The Morgan fingerprint density at radius 1 is 1.31 bits per heavy atom. The minimum Gasteiger partial charge on any atom is -0.301 e. The summed E-state index contributed by atoms with van der Waals surface area (Å²) < 4.78 is 3.01. The summed E-state index contributed by atoms with van der Waals surface area (Å²) in [5.74, 6) is 2.31. The van der Waals surface area contributed by atoms with Crippen LogP contribution in [-0.2, 0) is 0 Å². The molecule has 90 valence electrons. The zero-order chi connectivity index (χ0) is 11.7. The van der Waals surface area contributed by atoms with Gasteiger partial charge in [-0.2, -0.15) is 5.10 Å². The molecule has 1 fully saturated rings. The molecule has 2 rings (SSSR count). The zero-order valence-electron chi connectivity index (χ0n) is 10.4. The van der Waals surface area contributed by atoms with Gasteiger partial charge in [0.05, 0.1) is 0 Å². The predicted octanol–water partition coefficient (Wildman–Crippen LogP) is 3.82. The van der Waals surface area contributed by atoms with Crippen LogP contribution in [-0.4, -0.2) is 14.8 Å². The van der Waals surface area contributed by atoms with Gasteiger partial charge in [0.25, 0.3) is 0 Å². The molecule has 0 bridgehead atoms. The zero-order valence-corrected chi connectivity index (χ0v) is 11.2. The average molecular weight is 239 g/mol. The number of rotatable bonds is 3. The second-order valence-electron chi connectivity index (χ2n) is 5.20. The SMILES string of the molecule is CC(C)c1n[nH]c(=S)n1C(C)C1CCCC1. The summed E-state index contributed by atoms with van der Waals surface area (Å²) in [7, 11) is 0. The lowest BCUT2D eigenvalue weighted by Crippen LogP contribution is -2.17. The van der Waals surface area contributed by atoms with E-state index in [1.807, 2.05) is 0 Å². The molecule has 0 aliphatic heterocycles. The Morgan fingerprint density at radius 3 is 2.50 bits per heavy atom. The Labute approximate surface area is 102 Å². The highest BCUT2D eigenvalue weighted by molar-refractivity contribution is 7.71. The van der Waals surface area contributed by atoms with Crippen molar-refractivity contribution in [2.75, 3.05) is 0 Å². The molecule has 1 saturated carbocycles. The Kier molecular flexibility index (Phi) is 3.47. The summed E-state index contributed by atoms with van der Waals surface area (Å²) in [6.07, 6.45) is 5.42. The fourth-order valence-electron chi connectivity index (χ4n) is 2.77.